The largest absolute Gasteiger partial charge is 0.462 e. The molecule has 1 unspecified atom stereocenters. The molecule has 0 aromatic heterocycles. The number of allylic oxidation sites excluding steroid dienone is 16. The molecule has 0 aliphatic rings. The highest BCUT2D eigenvalue weighted by Gasteiger charge is 2.19. The molecule has 0 aliphatic carbocycles. The van der Waals surface area contributed by atoms with Crippen molar-refractivity contribution in [3.05, 3.63) is 97.2 Å². The minimum absolute atomic E-state index is 0.0722. The molecule has 0 aliphatic heterocycles. The predicted octanol–water partition coefficient (Wildman–Crippen LogP) is 24.8. The van der Waals surface area contributed by atoms with Crippen LogP contribution in [0.5, 0.6) is 0 Å². The Kier molecular flexibility index (Phi) is 67.7. The van der Waals surface area contributed by atoms with Crippen LogP contribution < -0.4 is 0 Å². The van der Waals surface area contributed by atoms with E-state index in [4.69, 9.17) is 14.2 Å². The van der Waals surface area contributed by atoms with E-state index in [9.17, 15) is 14.4 Å². The van der Waals surface area contributed by atoms with Gasteiger partial charge in [-0.05, 0) is 83.5 Å². The lowest BCUT2D eigenvalue weighted by Gasteiger charge is -2.18. The van der Waals surface area contributed by atoms with Gasteiger partial charge in [-0.15, -0.1) is 0 Å². The molecule has 83 heavy (non-hydrogen) atoms. The van der Waals surface area contributed by atoms with Gasteiger partial charge in [-0.25, -0.2) is 0 Å². The summed E-state index contributed by atoms with van der Waals surface area (Å²) in [4.78, 5) is 38.4. The molecule has 1 atom stereocenters. The van der Waals surface area contributed by atoms with Gasteiger partial charge >= 0.3 is 17.9 Å². The minimum atomic E-state index is -0.775. The number of carbonyl (C=O) groups excluding carboxylic acids is 3. The van der Waals surface area contributed by atoms with Gasteiger partial charge in [0.2, 0.25) is 0 Å². The van der Waals surface area contributed by atoms with Crippen LogP contribution in [0.25, 0.3) is 0 Å². The Bertz CT molecular complexity index is 1610. The van der Waals surface area contributed by atoms with Crippen LogP contribution in [0.4, 0.5) is 0 Å². The van der Waals surface area contributed by atoms with Crippen LogP contribution in [-0.2, 0) is 28.6 Å². The monoisotopic (exact) mass is 1160 g/mol. The van der Waals surface area contributed by atoms with E-state index < -0.39 is 6.10 Å². The lowest BCUT2D eigenvalue weighted by atomic mass is 10.0. The third kappa shape index (κ3) is 69.0. The summed E-state index contributed by atoms with van der Waals surface area (Å²) >= 11 is 0. The summed E-state index contributed by atoms with van der Waals surface area (Å²) < 4.78 is 17.0. The predicted molar refractivity (Wildman–Crippen MR) is 362 cm³/mol. The smallest absolute Gasteiger partial charge is 0.306 e. The highest BCUT2D eigenvalue weighted by Crippen LogP contribution is 2.18. The molecule has 0 saturated carbocycles. The topological polar surface area (TPSA) is 78.9 Å². The van der Waals surface area contributed by atoms with E-state index in [1.807, 2.05) is 0 Å². The Morgan fingerprint density at radius 3 is 0.735 bits per heavy atom. The van der Waals surface area contributed by atoms with E-state index in [-0.39, 0.29) is 31.1 Å². The molecule has 0 saturated heterocycles. The lowest BCUT2D eigenvalue weighted by molar-refractivity contribution is -0.167. The molecule has 6 nitrogen and oxygen atoms in total. The van der Waals surface area contributed by atoms with Crippen molar-refractivity contribution in [1.82, 2.24) is 0 Å². The van der Waals surface area contributed by atoms with Crippen LogP contribution >= 0.6 is 0 Å². The molecular formula is C77H134O6. The molecule has 0 heterocycles. The van der Waals surface area contributed by atoms with Crippen molar-refractivity contribution in [2.45, 2.75) is 361 Å². The minimum Gasteiger partial charge on any atom is -0.462 e. The standard InChI is InChI=1S/C77H134O6/c1-4-7-10-13-16-19-22-24-26-28-30-31-32-33-34-35-36-37-38-39-40-41-42-43-44-45-47-48-50-52-55-58-61-64-67-70-76(79)82-73-74(72-81-75(78)69-66-63-60-57-54-21-18-15-12-9-6-3)83-77(80)71-68-65-62-59-56-53-51-49-46-29-27-25-23-20-17-14-11-8-5-2/h7,10,16,19,24,26,30-31,33-34,36-37,39-40,42-43,74H,4-6,8-9,11-15,17-18,20-23,25,27-29,32,35,38,41,44-73H2,1-3H3/b10-7-,19-16-,26-24-,31-30-,34-33-,37-36-,40-39-,43-42-. The molecule has 0 aromatic carbocycles. The molecule has 0 rings (SSSR count). The van der Waals surface area contributed by atoms with Gasteiger partial charge in [-0.1, -0.05) is 349 Å². The molecule has 0 radical (unpaired) electrons. The number of rotatable bonds is 65. The maximum Gasteiger partial charge on any atom is 0.306 e. The zero-order valence-corrected chi connectivity index (χ0v) is 54.9. The summed E-state index contributed by atoms with van der Waals surface area (Å²) in [5.41, 5.74) is 0. The first-order valence-electron chi connectivity index (χ1n) is 35.7. The third-order valence-electron chi connectivity index (χ3n) is 15.6. The van der Waals surface area contributed by atoms with Crippen LogP contribution in [0.15, 0.2) is 97.2 Å². The average Bonchev–Trinajstić information content (AvgIpc) is 3.48. The first kappa shape index (κ1) is 79.3. The van der Waals surface area contributed by atoms with E-state index in [1.54, 1.807) is 0 Å². The Hall–Kier alpha value is -3.67. The molecule has 0 N–H and O–H groups in total. The van der Waals surface area contributed by atoms with Crippen molar-refractivity contribution >= 4 is 17.9 Å². The van der Waals surface area contributed by atoms with Gasteiger partial charge in [0.1, 0.15) is 13.2 Å². The third-order valence-corrected chi connectivity index (χ3v) is 15.6. The van der Waals surface area contributed by atoms with E-state index in [1.165, 1.54) is 205 Å². The van der Waals surface area contributed by atoms with Crippen LogP contribution in [0.3, 0.4) is 0 Å². The van der Waals surface area contributed by atoms with Crippen molar-refractivity contribution < 1.29 is 28.6 Å². The average molecular weight is 1160 g/mol. The summed E-state index contributed by atoms with van der Waals surface area (Å²) in [5.74, 6) is -0.858. The second-order valence-electron chi connectivity index (χ2n) is 23.8. The lowest BCUT2D eigenvalue weighted by Crippen LogP contribution is -2.30. The second-order valence-corrected chi connectivity index (χ2v) is 23.8. The van der Waals surface area contributed by atoms with E-state index in [0.29, 0.717) is 19.3 Å². The Balaban J connectivity index is 4.18. The number of hydrogen-bond donors (Lipinski definition) is 0. The number of carbonyl (C=O) groups is 3. The molecule has 0 bridgehead atoms. The summed E-state index contributed by atoms with van der Waals surface area (Å²) in [6, 6.07) is 0. The Labute approximate surface area is 515 Å². The van der Waals surface area contributed by atoms with Crippen LogP contribution in [0.1, 0.15) is 355 Å². The Morgan fingerprint density at radius 1 is 0.253 bits per heavy atom. The number of esters is 3. The van der Waals surface area contributed by atoms with Gasteiger partial charge < -0.3 is 14.2 Å². The number of unbranched alkanes of at least 4 members (excludes halogenated alkanes) is 38. The van der Waals surface area contributed by atoms with E-state index in [2.05, 4.69) is 118 Å². The molecule has 478 valence electrons. The maximum absolute atomic E-state index is 12.9. The van der Waals surface area contributed by atoms with Crippen molar-refractivity contribution in [2.24, 2.45) is 0 Å². The summed E-state index contributed by atoms with van der Waals surface area (Å²) in [7, 11) is 0. The highest BCUT2D eigenvalue weighted by molar-refractivity contribution is 5.71. The fraction of sp³-hybridized carbons (Fsp3) is 0.753. The zero-order chi connectivity index (χ0) is 59.9. The molecule has 0 amide bonds. The van der Waals surface area contributed by atoms with Gasteiger partial charge in [0, 0.05) is 19.3 Å². The van der Waals surface area contributed by atoms with Gasteiger partial charge in [-0.3, -0.25) is 14.4 Å². The maximum atomic E-state index is 12.9. The zero-order valence-electron chi connectivity index (χ0n) is 54.9. The van der Waals surface area contributed by atoms with Crippen molar-refractivity contribution in [2.75, 3.05) is 13.2 Å². The van der Waals surface area contributed by atoms with Crippen molar-refractivity contribution in [3.63, 3.8) is 0 Å². The fourth-order valence-corrected chi connectivity index (χ4v) is 10.3. The molecule has 6 heteroatoms. The van der Waals surface area contributed by atoms with Crippen LogP contribution in [0, 0.1) is 0 Å². The first-order valence-corrected chi connectivity index (χ1v) is 35.7. The summed E-state index contributed by atoms with van der Waals surface area (Å²) in [5, 5.41) is 0. The van der Waals surface area contributed by atoms with Crippen LogP contribution in [-0.4, -0.2) is 37.2 Å². The quantitative estimate of drug-likeness (QED) is 0.0261. The van der Waals surface area contributed by atoms with Gasteiger partial charge in [0.25, 0.3) is 0 Å². The highest BCUT2D eigenvalue weighted by atomic mass is 16.6. The summed E-state index contributed by atoms with van der Waals surface area (Å²) in [6.45, 7) is 6.56. The molecule has 0 aromatic rings. The van der Waals surface area contributed by atoms with Crippen LogP contribution in [0.2, 0.25) is 0 Å². The second kappa shape index (κ2) is 70.8. The van der Waals surface area contributed by atoms with Gasteiger partial charge in [0.15, 0.2) is 6.10 Å². The van der Waals surface area contributed by atoms with E-state index >= 15 is 0 Å². The van der Waals surface area contributed by atoms with Crippen molar-refractivity contribution in [3.8, 4) is 0 Å². The first-order chi connectivity index (χ1) is 41.0. The number of ether oxygens (including phenoxy) is 3. The fourth-order valence-electron chi connectivity index (χ4n) is 10.3. The van der Waals surface area contributed by atoms with Crippen molar-refractivity contribution in [1.29, 1.82) is 0 Å². The van der Waals surface area contributed by atoms with Gasteiger partial charge in [0.05, 0.1) is 0 Å². The number of hydrogen-bond acceptors (Lipinski definition) is 6. The SMILES string of the molecule is CC/C=C\C/C=C\C/C=C\C/C=C\C/C=C\C/C=C\C/C=C\C/C=C\CCCCCCCCCCCCC(=O)OCC(COC(=O)CCCCCCCCCCCCC)OC(=O)CCCCCCCCCCCCCCCCCCCCC. The Morgan fingerprint density at radius 2 is 0.470 bits per heavy atom. The van der Waals surface area contributed by atoms with E-state index in [0.717, 1.165) is 109 Å². The van der Waals surface area contributed by atoms with Gasteiger partial charge in [-0.2, -0.15) is 0 Å². The normalized spacial score (nSPS) is 12.7. The molecule has 0 spiro atoms. The summed E-state index contributed by atoms with van der Waals surface area (Å²) in [6.07, 6.45) is 95.8. The molecule has 0 fully saturated rings. The molecular weight excluding hydrogens is 1020 g/mol.